The quantitative estimate of drug-likeness (QED) is 0.616. The summed E-state index contributed by atoms with van der Waals surface area (Å²) in [6, 6.07) is 14.6. The fourth-order valence-corrected chi connectivity index (χ4v) is 3.71. The maximum absolute atomic E-state index is 14.0. The first-order valence-corrected chi connectivity index (χ1v) is 9.58. The Balaban J connectivity index is 1.45. The van der Waals surface area contributed by atoms with Crippen molar-refractivity contribution in [2.75, 3.05) is 38.2 Å². The first kappa shape index (κ1) is 18.6. The molecular formula is C20H22FN5OS. The Bertz CT molecular complexity index is 1010. The average Bonchev–Trinajstić information content (AvgIpc) is 3.09. The highest BCUT2D eigenvalue weighted by Gasteiger charge is 2.20. The van der Waals surface area contributed by atoms with Crippen molar-refractivity contribution < 1.29 is 9.13 Å². The van der Waals surface area contributed by atoms with Crippen LogP contribution in [0.4, 0.5) is 10.1 Å². The van der Waals surface area contributed by atoms with E-state index in [-0.39, 0.29) is 5.82 Å². The molecule has 2 aromatic carbocycles. The van der Waals surface area contributed by atoms with Crippen LogP contribution >= 0.6 is 12.2 Å². The van der Waals surface area contributed by atoms with E-state index in [1.807, 2.05) is 41.0 Å². The van der Waals surface area contributed by atoms with Crippen LogP contribution in [-0.2, 0) is 6.67 Å². The number of anilines is 1. The summed E-state index contributed by atoms with van der Waals surface area (Å²) in [6.45, 7) is 3.77. The first-order valence-electron chi connectivity index (χ1n) is 9.17. The second-order valence-corrected chi connectivity index (χ2v) is 7.02. The van der Waals surface area contributed by atoms with Gasteiger partial charge in [0.2, 0.25) is 4.77 Å². The summed E-state index contributed by atoms with van der Waals surface area (Å²) in [7, 11) is 1.64. The predicted octanol–water partition coefficient (Wildman–Crippen LogP) is 3.33. The number of para-hydroxylation sites is 3. The van der Waals surface area contributed by atoms with E-state index in [4.69, 9.17) is 17.0 Å². The largest absolute Gasteiger partial charge is 0.495 e. The molecule has 0 amide bonds. The van der Waals surface area contributed by atoms with Gasteiger partial charge in [-0.15, -0.1) is 0 Å². The van der Waals surface area contributed by atoms with Crippen LogP contribution in [0, 0.1) is 10.6 Å². The molecule has 1 aliphatic rings. The average molecular weight is 399 g/mol. The summed E-state index contributed by atoms with van der Waals surface area (Å²) in [5.74, 6) is 0.574. The van der Waals surface area contributed by atoms with Crippen molar-refractivity contribution in [3.8, 4) is 11.4 Å². The second-order valence-electron chi connectivity index (χ2n) is 6.65. The third-order valence-electron chi connectivity index (χ3n) is 4.98. The molecule has 0 atom stereocenters. The molecule has 0 saturated carbocycles. The van der Waals surface area contributed by atoms with E-state index in [9.17, 15) is 4.39 Å². The molecule has 1 aromatic heterocycles. The number of ether oxygens (including phenoxy) is 1. The van der Waals surface area contributed by atoms with Gasteiger partial charge < -0.3 is 9.64 Å². The molecule has 2 heterocycles. The summed E-state index contributed by atoms with van der Waals surface area (Å²) in [6.07, 6.45) is 1.72. The molecule has 0 radical (unpaired) electrons. The van der Waals surface area contributed by atoms with Crippen molar-refractivity contribution in [3.05, 3.63) is 65.4 Å². The van der Waals surface area contributed by atoms with Crippen LogP contribution in [0.15, 0.2) is 54.9 Å². The molecule has 0 unspecified atom stereocenters. The Morgan fingerprint density at radius 2 is 1.68 bits per heavy atom. The number of hydrogen-bond acceptors (Lipinski definition) is 5. The standard InChI is InChI=1S/C20H22FN5OS/c1-27-19-9-5-4-8-18(19)25-14-22-26(20(25)28)15-23-10-12-24(13-11-23)17-7-3-2-6-16(17)21/h2-9,14H,10-13,15H2,1H3. The number of rotatable bonds is 5. The number of hydrogen-bond donors (Lipinski definition) is 0. The van der Waals surface area contributed by atoms with Crippen molar-refractivity contribution in [2.24, 2.45) is 0 Å². The monoisotopic (exact) mass is 399 g/mol. The van der Waals surface area contributed by atoms with Crippen LogP contribution < -0.4 is 9.64 Å². The summed E-state index contributed by atoms with van der Waals surface area (Å²) in [5, 5.41) is 4.46. The van der Waals surface area contributed by atoms with E-state index in [2.05, 4.69) is 14.9 Å². The summed E-state index contributed by atoms with van der Waals surface area (Å²) in [4.78, 5) is 4.35. The van der Waals surface area contributed by atoms with E-state index in [0.717, 1.165) is 37.6 Å². The highest BCUT2D eigenvalue weighted by atomic mass is 32.1. The lowest BCUT2D eigenvalue weighted by Gasteiger charge is -2.35. The lowest BCUT2D eigenvalue weighted by atomic mass is 10.2. The molecule has 1 saturated heterocycles. The molecule has 1 aliphatic heterocycles. The molecule has 3 aromatic rings. The van der Waals surface area contributed by atoms with Crippen LogP contribution in [0.2, 0.25) is 0 Å². The Labute approximate surface area is 168 Å². The van der Waals surface area contributed by atoms with Crippen molar-refractivity contribution in [1.29, 1.82) is 0 Å². The maximum atomic E-state index is 14.0. The number of nitrogens with zero attached hydrogens (tertiary/aromatic N) is 5. The van der Waals surface area contributed by atoms with Gasteiger partial charge in [-0.25, -0.2) is 9.07 Å². The number of piperazine rings is 1. The topological polar surface area (TPSA) is 38.5 Å². The minimum absolute atomic E-state index is 0.172. The van der Waals surface area contributed by atoms with Gasteiger partial charge in [-0.05, 0) is 36.5 Å². The number of aromatic nitrogens is 3. The van der Waals surface area contributed by atoms with E-state index in [1.165, 1.54) is 6.07 Å². The van der Waals surface area contributed by atoms with Crippen LogP contribution in [0.3, 0.4) is 0 Å². The third kappa shape index (κ3) is 3.65. The fraction of sp³-hybridized carbons (Fsp3) is 0.300. The van der Waals surface area contributed by atoms with Crippen LogP contribution in [-0.4, -0.2) is 52.5 Å². The predicted molar refractivity (Wildman–Crippen MR) is 109 cm³/mol. The van der Waals surface area contributed by atoms with Crippen LogP contribution in [0.1, 0.15) is 0 Å². The SMILES string of the molecule is COc1ccccc1-n1cnn(CN2CCN(c3ccccc3F)CC2)c1=S. The van der Waals surface area contributed by atoms with Gasteiger partial charge in [-0.1, -0.05) is 24.3 Å². The number of benzene rings is 2. The van der Waals surface area contributed by atoms with Crippen molar-refractivity contribution in [2.45, 2.75) is 6.67 Å². The van der Waals surface area contributed by atoms with E-state index >= 15 is 0 Å². The molecule has 146 valence electrons. The highest BCUT2D eigenvalue weighted by Crippen LogP contribution is 2.23. The Hall–Kier alpha value is -2.71. The van der Waals surface area contributed by atoms with Gasteiger partial charge in [0.05, 0.1) is 25.2 Å². The summed E-state index contributed by atoms with van der Waals surface area (Å²) < 4.78 is 23.7. The maximum Gasteiger partial charge on any atom is 0.203 e. The van der Waals surface area contributed by atoms with Gasteiger partial charge in [-0.3, -0.25) is 9.47 Å². The van der Waals surface area contributed by atoms with E-state index in [0.29, 0.717) is 17.1 Å². The minimum atomic E-state index is -0.172. The number of methoxy groups -OCH3 is 1. The molecule has 28 heavy (non-hydrogen) atoms. The highest BCUT2D eigenvalue weighted by molar-refractivity contribution is 7.71. The van der Waals surface area contributed by atoms with Crippen molar-refractivity contribution in [3.63, 3.8) is 0 Å². The Morgan fingerprint density at radius 3 is 2.39 bits per heavy atom. The van der Waals surface area contributed by atoms with E-state index in [1.54, 1.807) is 24.2 Å². The lowest BCUT2D eigenvalue weighted by Crippen LogP contribution is -2.47. The first-order chi connectivity index (χ1) is 13.7. The van der Waals surface area contributed by atoms with Gasteiger partial charge in [-0.2, -0.15) is 5.10 Å². The molecule has 1 fully saturated rings. The van der Waals surface area contributed by atoms with Gasteiger partial charge in [0, 0.05) is 26.2 Å². The van der Waals surface area contributed by atoms with E-state index < -0.39 is 0 Å². The second kappa shape index (κ2) is 8.12. The minimum Gasteiger partial charge on any atom is -0.495 e. The Morgan fingerprint density at radius 1 is 1.00 bits per heavy atom. The smallest absolute Gasteiger partial charge is 0.203 e. The molecule has 0 aliphatic carbocycles. The van der Waals surface area contributed by atoms with Gasteiger partial charge in [0.15, 0.2) is 0 Å². The zero-order chi connectivity index (χ0) is 19.5. The lowest BCUT2D eigenvalue weighted by molar-refractivity contribution is 0.194. The fourth-order valence-electron chi connectivity index (χ4n) is 3.46. The van der Waals surface area contributed by atoms with Crippen LogP contribution in [0.5, 0.6) is 5.75 Å². The summed E-state index contributed by atoms with van der Waals surface area (Å²) >= 11 is 5.62. The molecule has 4 rings (SSSR count). The Kier molecular flexibility index (Phi) is 5.40. The molecule has 0 spiro atoms. The number of halogens is 1. The van der Waals surface area contributed by atoms with Gasteiger partial charge in [0.25, 0.3) is 0 Å². The molecule has 6 nitrogen and oxygen atoms in total. The normalized spacial score (nSPS) is 15.0. The molecule has 0 bridgehead atoms. The van der Waals surface area contributed by atoms with Crippen molar-refractivity contribution >= 4 is 17.9 Å². The molecular weight excluding hydrogens is 377 g/mol. The van der Waals surface area contributed by atoms with Crippen molar-refractivity contribution in [1.82, 2.24) is 19.2 Å². The molecule has 8 heteroatoms. The zero-order valence-electron chi connectivity index (χ0n) is 15.7. The zero-order valence-corrected chi connectivity index (χ0v) is 16.5. The summed E-state index contributed by atoms with van der Waals surface area (Å²) in [5.41, 5.74) is 1.53. The van der Waals surface area contributed by atoms with Crippen LogP contribution in [0.25, 0.3) is 5.69 Å². The third-order valence-corrected chi connectivity index (χ3v) is 5.38. The van der Waals surface area contributed by atoms with Gasteiger partial charge in [0.1, 0.15) is 17.9 Å². The van der Waals surface area contributed by atoms with Gasteiger partial charge >= 0.3 is 0 Å². The molecule has 0 N–H and O–H groups in total.